The van der Waals surface area contributed by atoms with Crippen LogP contribution < -0.4 is 5.73 Å². The predicted molar refractivity (Wildman–Crippen MR) is 47.3 cm³/mol. The summed E-state index contributed by atoms with van der Waals surface area (Å²) in [6.07, 6.45) is 0. The fourth-order valence-electron chi connectivity index (χ4n) is 1.01. The van der Waals surface area contributed by atoms with Gasteiger partial charge in [0.15, 0.2) is 0 Å². The van der Waals surface area contributed by atoms with Gasteiger partial charge in [-0.1, -0.05) is 6.58 Å². The van der Waals surface area contributed by atoms with Crippen LogP contribution in [0.2, 0.25) is 0 Å². The highest BCUT2D eigenvalue weighted by molar-refractivity contribution is 5.62. The summed E-state index contributed by atoms with van der Waals surface area (Å²) in [5.74, 6) is 0.0856. The lowest BCUT2D eigenvalue weighted by Gasteiger charge is -2.03. The molecular weight excluding hydrogens is 138 g/mol. The summed E-state index contributed by atoms with van der Waals surface area (Å²) < 4.78 is 0. The van der Waals surface area contributed by atoms with Crippen molar-refractivity contribution in [3.63, 3.8) is 0 Å². The van der Waals surface area contributed by atoms with Crippen molar-refractivity contribution < 1.29 is 5.11 Å². The molecule has 0 saturated heterocycles. The largest absolute Gasteiger partial charge is 0.508 e. The van der Waals surface area contributed by atoms with Crippen molar-refractivity contribution in [3.8, 4) is 0 Å². The maximum Gasteiger partial charge on any atom is 0.115 e. The minimum absolute atomic E-state index is 0.0856. The summed E-state index contributed by atoms with van der Waals surface area (Å²) in [7, 11) is 0. The quantitative estimate of drug-likeness (QED) is 0.474. The molecule has 0 aliphatic heterocycles. The smallest absolute Gasteiger partial charge is 0.115 e. The maximum absolute atomic E-state index is 9.06. The topological polar surface area (TPSA) is 46.2 Å². The van der Waals surface area contributed by atoms with Crippen LogP contribution >= 0.6 is 0 Å². The third kappa shape index (κ3) is 1.52. The van der Waals surface area contributed by atoms with E-state index in [0.29, 0.717) is 5.69 Å². The molecule has 0 aliphatic carbocycles. The SMILES string of the molecule is C=C(O)c1ccc(N)cc1C. The van der Waals surface area contributed by atoms with Crippen molar-refractivity contribution in [1.29, 1.82) is 0 Å². The monoisotopic (exact) mass is 149 g/mol. The van der Waals surface area contributed by atoms with Gasteiger partial charge in [0.05, 0.1) is 0 Å². The molecule has 1 aromatic carbocycles. The van der Waals surface area contributed by atoms with Gasteiger partial charge in [-0.3, -0.25) is 0 Å². The van der Waals surface area contributed by atoms with Gasteiger partial charge in [0.2, 0.25) is 0 Å². The second-order valence-electron chi connectivity index (χ2n) is 2.52. The van der Waals surface area contributed by atoms with Crippen LogP contribution in [0.4, 0.5) is 5.69 Å². The number of rotatable bonds is 1. The molecule has 58 valence electrons. The van der Waals surface area contributed by atoms with Crippen molar-refractivity contribution in [3.05, 3.63) is 35.9 Å². The van der Waals surface area contributed by atoms with Crippen molar-refractivity contribution in [2.75, 3.05) is 5.73 Å². The van der Waals surface area contributed by atoms with Gasteiger partial charge in [0, 0.05) is 11.3 Å². The Morgan fingerprint density at radius 2 is 2.18 bits per heavy atom. The number of nitrogens with two attached hydrogens (primary N) is 1. The van der Waals surface area contributed by atoms with E-state index in [-0.39, 0.29) is 5.76 Å². The molecule has 0 aliphatic rings. The van der Waals surface area contributed by atoms with Crippen molar-refractivity contribution >= 4 is 11.4 Å². The van der Waals surface area contributed by atoms with E-state index < -0.39 is 0 Å². The number of benzene rings is 1. The van der Waals surface area contributed by atoms with E-state index in [9.17, 15) is 0 Å². The molecule has 0 radical (unpaired) electrons. The fourth-order valence-corrected chi connectivity index (χ4v) is 1.01. The first-order valence-electron chi connectivity index (χ1n) is 3.35. The lowest BCUT2D eigenvalue weighted by Crippen LogP contribution is -1.90. The van der Waals surface area contributed by atoms with Crippen LogP contribution in [0.15, 0.2) is 24.8 Å². The fraction of sp³-hybridized carbons (Fsp3) is 0.111. The van der Waals surface area contributed by atoms with Gasteiger partial charge >= 0.3 is 0 Å². The van der Waals surface area contributed by atoms with Crippen LogP contribution in [0.1, 0.15) is 11.1 Å². The van der Waals surface area contributed by atoms with Gasteiger partial charge in [-0.25, -0.2) is 0 Å². The van der Waals surface area contributed by atoms with E-state index in [2.05, 4.69) is 6.58 Å². The molecular formula is C9H11NO. The average molecular weight is 149 g/mol. The Balaban J connectivity index is 3.20. The zero-order chi connectivity index (χ0) is 8.43. The van der Waals surface area contributed by atoms with Gasteiger partial charge in [-0.05, 0) is 30.7 Å². The molecule has 2 nitrogen and oxygen atoms in total. The van der Waals surface area contributed by atoms with Gasteiger partial charge in [0.25, 0.3) is 0 Å². The molecule has 1 aromatic rings. The number of aliphatic hydroxyl groups excluding tert-OH is 1. The van der Waals surface area contributed by atoms with Gasteiger partial charge < -0.3 is 10.8 Å². The summed E-state index contributed by atoms with van der Waals surface area (Å²) in [5, 5.41) is 9.06. The van der Waals surface area contributed by atoms with Crippen molar-refractivity contribution in [2.24, 2.45) is 0 Å². The number of hydrogen-bond donors (Lipinski definition) is 2. The van der Waals surface area contributed by atoms with Gasteiger partial charge in [-0.2, -0.15) is 0 Å². The van der Waals surface area contributed by atoms with Crippen molar-refractivity contribution in [2.45, 2.75) is 6.92 Å². The molecule has 3 N–H and O–H groups in total. The van der Waals surface area contributed by atoms with E-state index in [4.69, 9.17) is 10.8 Å². The first-order valence-corrected chi connectivity index (χ1v) is 3.35. The zero-order valence-electron chi connectivity index (χ0n) is 6.46. The Bertz CT molecular complexity index is 292. The molecule has 0 unspecified atom stereocenters. The molecule has 2 heteroatoms. The molecule has 11 heavy (non-hydrogen) atoms. The van der Waals surface area contributed by atoms with Crippen LogP contribution in [0.25, 0.3) is 5.76 Å². The van der Waals surface area contributed by atoms with Crippen LogP contribution in [0.5, 0.6) is 0 Å². The molecule has 0 saturated carbocycles. The molecule has 0 spiro atoms. The summed E-state index contributed by atoms with van der Waals surface area (Å²) >= 11 is 0. The van der Waals surface area contributed by atoms with Gasteiger partial charge in [-0.15, -0.1) is 0 Å². The summed E-state index contributed by atoms with van der Waals surface area (Å²) in [4.78, 5) is 0. The Kier molecular flexibility index (Phi) is 1.85. The minimum atomic E-state index is 0.0856. The van der Waals surface area contributed by atoms with Crippen LogP contribution in [-0.4, -0.2) is 5.11 Å². The molecule has 0 atom stereocenters. The molecule has 0 heterocycles. The highest BCUT2D eigenvalue weighted by atomic mass is 16.3. The Morgan fingerprint density at radius 3 is 2.64 bits per heavy atom. The van der Waals surface area contributed by atoms with Crippen molar-refractivity contribution in [1.82, 2.24) is 0 Å². The van der Waals surface area contributed by atoms with Crippen LogP contribution in [0, 0.1) is 6.92 Å². The van der Waals surface area contributed by atoms with E-state index in [1.807, 2.05) is 6.92 Å². The van der Waals surface area contributed by atoms with E-state index in [1.54, 1.807) is 18.2 Å². The second kappa shape index (κ2) is 2.66. The third-order valence-electron chi connectivity index (χ3n) is 1.56. The Morgan fingerprint density at radius 1 is 1.55 bits per heavy atom. The number of hydrogen-bond acceptors (Lipinski definition) is 2. The lowest BCUT2D eigenvalue weighted by atomic mass is 10.1. The average Bonchev–Trinajstić information content (AvgIpc) is 1.85. The van der Waals surface area contributed by atoms with E-state index in [0.717, 1.165) is 11.1 Å². The highest BCUT2D eigenvalue weighted by Gasteiger charge is 1.99. The number of aliphatic hydroxyl groups is 1. The Labute approximate surface area is 66.0 Å². The molecule has 0 bridgehead atoms. The second-order valence-corrected chi connectivity index (χ2v) is 2.52. The molecule has 0 aromatic heterocycles. The van der Waals surface area contributed by atoms with E-state index >= 15 is 0 Å². The van der Waals surface area contributed by atoms with Crippen LogP contribution in [0.3, 0.4) is 0 Å². The Hall–Kier alpha value is -1.44. The summed E-state index contributed by atoms with van der Waals surface area (Å²) in [6, 6.07) is 5.30. The van der Waals surface area contributed by atoms with Gasteiger partial charge in [0.1, 0.15) is 5.76 Å². The third-order valence-corrected chi connectivity index (χ3v) is 1.56. The standard InChI is InChI=1S/C9H11NO/c1-6-5-8(10)3-4-9(6)7(2)11/h3-5,11H,2,10H2,1H3. The summed E-state index contributed by atoms with van der Waals surface area (Å²) in [5.41, 5.74) is 7.91. The molecule has 0 fully saturated rings. The zero-order valence-corrected chi connectivity index (χ0v) is 6.46. The van der Waals surface area contributed by atoms with E-state index in [1.165, 1.54) is 0 Å². The van der Waals surface area contributed by atoms with Crippen LogP contribution in [-0.2, 0) is 0 Å². The normalized spacial score (nSPS) is 9.55. The highest BCUT2D eigenvalue weighted by Crippen LogP contribution is 2.17. The predicted octanol–water partition coefficient (Wildman–Crippen LogP) is 2.11. The number of anilines is 1. The lowest BCUT2D eigenvalue weighted by molar-refractivity contribution is 0.513. The maximum atomic E-state index is 9.06. The molecule has 1 rings (SSSR count). The molecule has 0 amide bonds. The summed E-state index contributed by atoms with van der Waals surface area (Å²) in [6.45, 7) is 5.31. The first kappa shape index (κ1) is 7.66. The minimum Gasteiger partial charge on any atom is -0.508 e. The number of aryl methyl sites for hydroxylation is 1. The first-order chi connectivity index (χ1) is 5.11. The number of nitrogen functional groups attached to an aromatic ring is 1.